The van der Waals surface area contributed by atoms with Gasteiger partial charge in [-0.1, -0.05) is 56.6 Å². The van der Waals surface area contributed by atoms with Gasteiger partial charge in [0.1, 0.15) is 5.82 Å². The molecule has 4 aromatic rings. The number of aryl methyl sites for hydroxylation is 1. The molecule has 2 amide bonds. The maximum Gasteiger partial charge on any atom is 0.411 e. The van der Waals surface area contributed by atoms with Crippen molar-refractivity contribution in [1.29, 1.82) is 0 Å². The van der Waals surface area contributed by atoms with Crippen molar-refractivity contribution in [3.8, 4) is 22.4 Å². The van der Waals surface area contributed by atoms with Crippen LogP contribution in [-0.2, 0) is 10.3 Å². The summed E-state index contributed by atoms with van der Waals surface area (Å²) in [6.45, 7) is 3.77. The fraction of sp³-hybridized carbons (Fsp3) is 0.303. The molecule has 1 aliphatic rings. The highest BCUT2D eigenvalue weighted by Crippen LogP contribution is 2.46. The number of rotatable bonds is 8. The Morgan fingerprint density at radius 3 is 2.47 bits per heavy atom. The topological polar surface area (TPSA) is 133 Å². The predicted octanol–water partition coefficient (Wildman–Crippen LogP) is 6.94. The van der Waals surface area contributed by atoms with Crippen molar-refractivity contribution < 1.29 is 33.0 Å². The Morgan fingerprint density at radius 1 is 1.13 bits per heavy atom. The third kappa shape index (κ3) is 6.58. The standard InChI is InChI=1S/C33H32ClF3N6O4/c1-18-6-5-11-38-27(18)22-12-20(8-10-24(22)34)26(16-44)43-28(45)33(17-32(2,3)4,41-30(43)40-31(46)47)23-9-7-19(13-25(23)35)21-14-39-42(15-21)29(36)37/h5-15,26,29,44H,16-17H2,1-4H3,(H,40,41)(H,46,47)/t26?,33-/m1/s1. The lowest BCUT2D eigenvalue weighted by atomic mass is 9.75. The maximum absolute atomic E-state index is 16.2. The number of guanidine groups is 1. The van der Waals surface area contributed by atoms with Crippen LogP contribution >= 0.6 is 11.6 Å². The minimum Gasteiger partial charge on any atom is -0.465 e. The van der Waals surface area contributed by atoms with E-state index in [1.54, 1.807) is 30.5 Å². The predicted molar refractivity (Wildman–Crippen MR) is 169 cm³/mol. The number of aliphatic hydroxyl groups is 1. The maximum atomic E-state index is 16.2. The molecular weight excluding hydrogens is 637 g/mol. The van der Waals surface area contributed by atoms with Crippen molar-refractivity contribution in [2.45, 2.75) is 52.2 Å². The van der Waals surface area contributed by atoms with Gasteiger partial charge in [-0.2, -0.15) is 13.9 Å². The number of alkyl halides is 2. The lowest BCUT2D eigenvalue weighted by Gasteiger charge is -2.35. The molecule has 5 rings (SSSR count). The highest BCUT2D eigenvalue weighted by molar-refractivity contribution is 6.33. The molecular formula is C33H32ClF3N6O4. The Kier molecular flexibility index (Phi) is 9.15. The van der Waals surface area contributed by atoms with E-state index in [0.29, 0.717) is 26.5 Å². The number of hydrogen-bond donors (Lipinski definition) is 3. The van der Waals surface area contributed by atoms with Crippen molar-refractivity contribution >= 4 is 29.6 Å². The van der Waals surface area contributed by atoms with Crippen molar-refractivity contribution in [2.75, 3.05) is 6.61 Å². The molecule has 0 fully saturated rings. The number of pyridine rings is 1. The monoisotopic (exact) mass is 668 g/mol. The van der Waals surface area contributed by atoms with E-state index in [0.717, 1.165) is 22.7 Å². The highest BCUT2D eigenvalue weighted by Gasteiger charge is 2.55. The molecule has 0 saturated heterocycles. The molecule has 3 N–H and O–H groups in total. The summed E-state index contributed by atoms with van der Waals surface area (Å²) >= 11 is 6.54. The van der Waals surface area contributed by atoms with E-state index < -0.39 is 53.9 Å². The molecule has 0 saturated carbocycles. The van der Waals surface area contributed by atoms with Gasteiger partial charge in [-0.15, -0.1) is 0 Å². The fourth-order valence-electron chi connectivity index (χ4n) is 5.86. The van der Waals surface area contributed by atoms with Gasteiger partial charge in [0.2, 0.25) is 5.96 Å². The second kappa shape index (κ2) is 12.8. The Morgan fingerprint density at radius 2 is 1.87 bits per heavy atom. The first-order chi connectivity index (χ1) is 22.1. The van der Waals surface area contributed by atoms with Gasteiger partial charge in [0, 0.05) is 34.1 Å². The zero-order valence-corrected chi connectivity index (χ0v) is 26.6. The van der Waals surface area contributed by atoms with Crippen molar-refractivity contribution in [3.05, 3.63) is 94.7 Å². The fourth-order valence-corrected chi connectivity index (χ4v) is 6.07. The Hall–Kier alpha value is -4.75. The van der Waals surface area contributed by atoms with E-state index in [4.69, 9.17) is 11.6 Å². The third-order valence-electron chi connectivity index (χ3n) is 7.78. The van der Waals surface area contributed by atoms with Crippen LogP contribution in [0.4, 0.5) is 18.0 Å². The average molecular weight is 669 g/mol. The molecule has 0 aliphatic carbocycles. The van der Waals surface area contributed by atoms with Crippen molar-refractivity contribution in [2.24, 2.45) is 10.4 Å². The Balaban J connectivity index is 1.65. The summed E-state index contributed by atoms with van der Waals surface area (Å²) in [6.07, 6.45) is 2.25. The molecule has 1 unspecified atom stereocenters. The average Bonchev–Trinajstić information content (AvgIpc) is 3.58. The van der Waals surface area contributed by atoms with Crippen LogP contribution in [0.5, 0.6) is 0 Å². The molecule has 246 valence electrons. The number of amides is 2. The number of hydrogen-bond acceptors (Lipinski definition) is 6. The first-order valence-electron chi connectivity index (χ1n) is 14.5. The molecule has 14 heteroatoms. The van der Waals surface area contributed by atoms with Crippen LogP contribution in [0.3, 0.4) is 0 Å². The Bertz CT molecular complexity index is 1880. The number of aliphatic imine (C=N–C) groups is 1. The first kappa shape index (κ1) is 33.6. The zero-order chi connectivity index (χ0) is 34.3. The van der Waals surface area contributed by atoms with Crippen LogP contribution in [0.15, 0.2) is 72.1 Å². The molecule has 1 aliphatic heterocycles. The summed E-state index contributed by atoms with van der Waals surface area (Å²) in [4.78, 5) is 36.7. The van der Waals surface area contributed by atoms with Gasteiger partial charge in [-0.05, 0) is 59.7 Å². The van der Waals surface area contributed by atoms with E-state index in [1.165, 1.54) is 18.3 Å². The largest absolute Gasteiger partial charge is 0.465 e. The molecule has 0 spiro atoms. The molecule has 2 aromatic heterocycles. The van der Waals surface area contributed by atoms with Gasteiger partial charge in [0.05, 0.1) is 24.5 Å². The highest BCUT2D eigenvalue weighted by atomic mass is 35.5. The summed E-state index contributed by atoms with van der Waals surface area (Å²) in [5.74, 6) is -2.05. The SMILES string of the molecule is Cc1cccnc1-c1cc(C(CO)N2C(=O)[C@@](CC(C)(C)C)(c3ccc(-c4cnn(C(F)F)c4)cc3F)N=C2NC(=O)O)ccc1Cl. The second-order valence-corrected chi connectivity index (χ2v) is 12.8. The zero-order valence-electron chi connectivity index (χ0n) is 25.9. The molecule has 0 radical (unpaired) electrons. The van der Waals surface area contributed by atoms with Crippen LogP contribution in [0.25, 0.3) is 22.4 Å². The number of aliphatic hydroxyl groups excluding tert-OH is 1. The van der Waals surface area contributed by atoms with Crippen LogP contribution in [0.1, 0.15) is 56.5 Å². The van der Waals surface area contributed by atoms with Crippen molar-refractivity contribution in [3.63, 3.8) is 0 Å². The molecule has 2 aromatic carbocycles. The van der Waals surface area contributed by atoms with E-state index in [2.05, 4.69) is 20.4 Å². The van der Waals surface area contributed by atoms with E-state index in [1.807, 2.05) is 33.8 Å². The van der Waals surface area contributed by atoms with Gasteiger partial charge in [-0.3, -0.25) is 20.0 Å². The molecule has 10 nitrogen and oxygen atoms in total. The smallest absolute Gasteiger partial charge is 0.411 e. The van der Waals surface area contributed by atoms with E-state index in [-0.39, 0.29) is 23.1 Å². The molecule has 2 atom stereocenters. The molecule has 3 heterocycles. The summed E-state index contributed by atoms with van der Waals surface area (Å²) < 4.78 is 42.8. The lowest BCUT2D eigenvalue weighted by molar-refractivity contribution is -0.135. The van der Waals surface area contributed by atoms with Crippen LogP contribution in [0.2, 0.25) is 5.02 Å². The quantitative estimate of drug-likeness (QED) is 0.186. The van der Waals surface area contributed by atoms with E-state index in [9.17, 15) is 28.6 Å². The normalized spacial score (nSPS) is 17.3. The van der Waals surface area contributed by atoms with Gasteiger partial charge in [0.25, 0.3) is 5.91 Å². The summed E-state index contributed by atoms with van der Waals surface area (Å²) in [7, 11) is 0. The van der Waals surface area contributed by atoms with Crippen molar-refractivity contribution in [1.82, 2.24) is 25.0 Å². The van der Waals surface area contributed by atoms with Gasteiger partial charge >= 0.3 is 12.6 Å². The number of carbonyl (C=O) groups excluding carboxylic acids is 1. The molecule has 0 bridgehead atoms. The van der Waals surface area contributed by atoms with Crippen LogP contribution in [0, 0.1) is 18.2 Å². The lowest BCUT2D eigenvalue weighted by Crippen LogP contribution is -2.49. The minimum absolute atomic E-state index is 0.0587. The van der Waals surface area contributed by atoms with Crippen LogP contribution < -0.4 is 5.32 Å². The number of carboxylic acid groups (broad SMARTS) is 1. The number of benzene rings is 2. The second-order valence-electron chi connectivity index (χ2n) is 12.4. The number of carbonyl (C=O) groups is 2. The van der Waals surface area contributed by atoms with Gasteiger partial charge in [0.15, 0.2) is 5.54 Å². The number of nitrogens with one attached hydrogen (secondary N) is 1. The third-order valence-corrected chi connectivity index (χ3v) is 8.11. The van der Waals surface area contributed by atoms with Gasteiger partial charge in [-0.25, -0.2) is 18.9 Å². The number of halogens is 4. The van der Waals surface area contributed by atoms with Crippen LogP contribution in [-0.4, -0.2) is 54.4 Å². The van der Waals surface area contributed by atoms with E-state index >= 15 is 4.39 Å². The number of aromatic nitrogens is 3. The minimum atomic E-state index is -2.89. The molecule has 47 heavy (non-hydrogen) atoms. The summed E-state index contributed by atoms with van der Waals surface area (Å²) in [6, 6.07) is 11.2. The first-order valence-corrected chi connectivity index (χ1v) is 14.9. The number of nitrogens with zero attached hydrogens (tertiary/aromatic N) is 5. The van der Waals surface area contributed by atoms with Gasteiger partial charge < -0.3 is 10.2 Å². The Labute approximate surface area is 273 Å². The summed E-state index contributed by atoms with van der Waals surface area (Å²) in [5, 5.41) is 26.6. The summed E-state index contributed by atoms with van der Waals surface area (Å²) in [5.41, 5.74) is -0.0126.